The lowest BCUT2D eigenvalue weighted by molar-refractivity contribution is 0.306. The van der Waals surface area contributed by atoms with Gasteiger partial charge >= 0.3 is 0 Å². The van der Waals surface area contributed by atoms with Gasteiger partial charge in [0.25, 0.3) is 0 Å². The van der Waals surface area contributed by atoms with Gasteiger partial charge in [-0.2, -0.15) is 15.8 Å². The standard InChI is InChI=1S/C18H11N3O/c19-10-14-4-6-15(7-5-14)13-22-18-3-1-2-16(9-18)8-17(11-20)12-21/h1-9H,13H2. The minimum absolute atomic E-state index is 0.0456. The molecule has 0 N–H and O–H groups in total. The third kappa shape index (κ3) is 3.97. The van der Waals surface area contributed by atoms with Crippen LogP contribution in [0.5, 0.6) is 5.75 Å². The van der Waals surface area contributed by atoms with Crippen LogP contribution in [0, 0.1) is 34.0 Å². The molecule has 0 aliphatic heterocycles. The summed E-state index contributed by atoms with van der Waals surface area (Å²) in [6, 6.07) is 20.0. The highest BCUT2D eigenvalue weighted by molar-refractivity contribution is 5.62. The lowest BCUT2D eigenvalue weighted by Crippen LogP contribution is -1.95. The summed E-state index contributed by atoms with van der Waals surface area (Å²) in [7, 11) is 0. The van der Waals surface area contributed by atoms with Crippen molar-refractivity contribution < 1.29 is 4.74 Å². The number of rotatable bonds is 4. The molecule has 104 valence electrons. The van der Waals surface area contributed by atoms with Crippen LogP contribution in [0.4, 0.5) is 0 Å². The maximum atomic E-state index is 8.76. The van der Waals surface area contributed by atoms with Crippen molar-refractivity contribution in [2.45, 2.75) is 6.61 Å². The maximum absolute atomic E-state index is 8.76. The van der Waals surface area contributed by atoms with Crippen molar-refractivity contribution in [3.63, 3.8) is 0 Å². The minimum Gasteiger partial charge on any atom is -0.489 e. The molecular formula is C18H11N3O. The lowest BCUT2D eigenvalue weighted by atomic mass is 10.1. The van der Waals surface area contributed by atoms with E-state index in [-0.39, 0.29) is 5.57 Å². The van der Waals surface area contributed by atoms with E-state index < -0.39 is 0 Å². The molecule has 0 aromatic heterocycles. The molecule has 0 saturated heterocycles. The molecule has 0 bridgehead atoms. The number of hydrogen-bond acceptors (Lipinski definition) is 4. The Morgan fingerprint density at radius 2 is 1.73 bits per heavy atom. The van der Waals surface area contributed by atoms with Crippen LogP contribution in [0.25, 0.3) is 6.08 Å². The molecule has 4 heteroatoms. The van der Waals surface area contributed by atoms with E-state index in [9.17, 15) is 0 Å². The van der Waals surface area contributed by atoms with E-state index in [0.717, 1.165) is 11.1 Å². The Hall–Kier alpha value is -3.55. The van der Waals surface area contributed by atoms with Gasteiger partial charge in [-0.15, -0.1) is 0 Å². The molecule has 0 saturated carbocycles. The summed E-state index contributed by atoms with van der Waals surface area (Å²) in [5.74, 6) is 0.647. The lowest BCUT2D eigenvalue weighted by Gasteiger charge is -2.07. The Bertz CT molecular complexity index is 799. The molecule has 4 nitrogen and oxygen atoms in total. The van der Waals surface area contributed by atoms with Crippen LogP contribution in [-0.2, 0) is 6.61 Å². The van der Waals surface area contributed by atoms with E-state index in [1.807, 2.05) is 24.3 Å². The SMILES string of the molecule is N#CC(C#N)=Cc1cccc(OCc2ccc(C#N)cc2)c1. The molecule has 2 aromatic carbocycles. The summed E-state index contributed by atoms with van der Waals surface area (Å²) in [6.45, 7) is 0.377. The Morgan fingerprint density at radius 3 is 2.36 bits per heavy atom. The van der Waals surface area contributed by atoms with E-state index in [4.69, 9.17) is 20.5 Å². The van der Waals surface area contributed by atoms with E-state index in [1.165, 1.54) is 6.08 Å². The fourth-order valence-electron chi connectivity index (χ4n) is 1.79. The molecule has 22 heavy (non-hydrogen) atoms. The minimum atomic E-state index is 0.0456. The molecule has 0 atom stereocenters. The smallest absolute Gasteiger partial charge is 0.130 e. The Labute approximate surface area is 128 Å². The van der Waals surface area contributed by atoms with Crippen molar-refractivity contribution in [2.24, 2.45) is 0 Å². The summed E-state index contributed by atoms with van der Waals surface area (Å²) in [5, 5.41) is 26.3. The van der Waals surface area contributed by atoms with Crippen molar-refractivity contribution in [3.8, 4) is 24.0 Å². The van der Waals surface area contributed by atoms with Crippen LogP contribution in [0.2, 0.25) is 0 Å². The van der Waals surface area contributed by atoms with Gasteiger partial charge in [-0.25, -0.2) is 0 Å². The number of nitriles is 3. The quantitative estimate of drug-likeness (QED) is 0.804. The Morgan fingerprint density at radius 1 is 1.00 bits per heavy atom. The second-order valence-electron chi connectivity index (χ2n) is 4.45. The molecule has 2 rings (SSSR count). The van der Waals surface area contributed by atoms with Gasteiger partial charge in [-0.3, -0.25) is 0 Å². The second-order valence-corrected chi connectivity index (χ2v) is 4.45. The van der Waals surface area contributed by atoms with E-state index in [0.29, 0.717) is 17.9 Å². The highest BCUT2D eigenvalue weighted by Crippen LogP contribution is 2.17. The van der Waals surface area contributed by atoms with Crippen LogP contribution in [0.3, 0.4) is 0 Å². The van der Waals surface area contributed by atoms with E-state index in [1.54, 1.807) is 36.4 Å². The summed E-state index contributed by atoms with van der Waals surface area (Å²) < 4.78 is 5.68. The maximum Gasteiger partial charge on any atom is 0.130 e. The first-order valence-electron chi connectivity index (χ1n) is 6.49. The molecular weight excluding hydrogens is 274 g/mol. The Kier molecular flexibility index (Phi) is 4.92. The first-order valence-corrected chi connectivity index (χ1v) is 6.49. The second kappa shape index (κ2) is 7.29. The van der Waals surface area contributed by atoms with E-state index in [2.05, 4.69) is 6.07 Å². The largest absolute Gasteiger partial charge is 0.489 e. The molecule has 0 amide bonds. The van der Waals surface area contributed by atoms with Gasteiger partial charge < -0.3 is 4.74 Å². The average Bonchev–Trinajstić information content (AvgIpc) is 2.58. The number of benzene rings is 2. The molecule has 0 aliphatic carbocycles. The van der Waals surface area contributed by atoms with Crippen molar-refractivity contribution >= 4 is 6.08 Å². The molecule has 2 aromatic rings. The normalized spacial score (nSPS) is 8.95. The number of hydrogen-bond donors (Lipinski definition) is 0. The van der Waals surface area contributed by atoms with Gasteiger partial charge in [0.05, 0.1) is 11.6 Å². The zero-order chi connectivity index (χ0) is 15.8. The molecule has 0 spiro atoms. The number of ether oxygens (including phenoxy) is 1. The predicted molar refractivity (Wildman–Crippen MR) is 81.1 cm³/mol. The fourth-order valence-corrected chi connectivity index (χ4v) is 1.79. The van der Waals surface area contributed by atoms with Gasteiger partial charge in [0.15, 0.2) is 0 Å². The highest BCUT2D eigenvalue weighted by atomic mass is 16.5. The van der Waals surface area contributed by atoms with Gasteiger partial charge in [0.2, 0.25) is 0 Å². The predicted octanol–water partition coefficient (Wildman–Crippen LogP) is 3.57. The third-order valence-corrected chi connectivity index (χ3v) is 2.90. The van der Waals surface area contributed by atoms with Crippen LogP contribution in [0.15, 0.2) is 54.1 Å². The molecule has 0 unspecified atom stereocenters. The first-order chi connectivity index (χ1) is 10.7. The number of allylic oxidation sites excluding steroid dienone is 1. The highest BCUT2D eigenvalue weighted by Gasteiger charge is 1.99. The number of nitrogens with zero attached hydrogens (tertiary/aromatic N) is 3. The van der Waals surface area contributed by atoms with Gasteiger partial charge in [-0.05, 0) is 41.5 Å². The van der Waals surface area contributed by atoms with E-state index >= 15 is 0 Å². The van der Waals surface area contributed by atoms with Crippen molar-refractivity contribution in [1.82, 2.24) is 0 Å². The van der Waals surface area contributed by atoms with Crippen LogP contribution >= 0.6 is 0 Å². The molecule has 0 heterocycles. The van der Waals surface area contributed by atoms with Gasteiger partial charge in [-0.1, -0.05) is 24.3 Å². The molecule has 0 fully saturated rings. The summed E-state index contributed by atoms with van der Waals surface area (Å²) in [5.41, 5.74) is 2.34. The molecule has 0 aliphatic rings. The van der Waals surface area contributed by atoms with Crippen molar-refractivity contribution in [3.05, 3.63) is 70.8 Å². The zero-order valence-corrected chi connectivity index (χ0v) is 11.7. The van der Waals surface area contributed by atoms with Crippen LogP contribution < -0.4 is 4.74 Å². The average molecular weight is 285 g/mol. The summed E-state index contributed by atoms with van der Waals surface area (Å²) in [6.07, 6.45) is 1.51. The fraction of sp³-hybridized carbons (Fsp3) is 0.0556. The topological polar surface area (TPSA) is 80.6 Å². The van der Waals surface area contributed by atoms with Gasteiger partial charge in [0, 0.05) is 0 Å². The first kappa shape index (κ1) is 14.9. The summed E-state index contributed by atoms with van der Waals surface area (Å²) in [4.78, 5) is 0. The monoisotopic (exact) mass is 285 g/mol. The Balaban J connectivity index is 2.08. The van der Waals surface area contributed by atoms with Crippen LogP contribution in [0.1, 0.15) is 16.7 Å². The van der Waals surface area contributed by atoms with Crippen molar-refractivity contribution in [2.75, 3.05) is 0 Å². The van der Waals surface area contributed by atoms with Crippen molar-refractivity contribution in [1.29, 1.82) is 15.8 Å². The van der Waals surface area contributed by atoms with Gasteiger partial charge in [0.1, 0.15) is 30.1 Å². The molecule has 0 radical (unpaired) electrons. The summed E-state index contributed by atoms with van der Waals surface area (Å²) >= 11 is 0. The van der Waals surface area contributed by atoms with Crippen LogP contribution in [-0.4, -0.2) is 0 Å². The zero-order valence-electron chi connectivity index (χ0n) is 11.7. The third-order valence-electron chi connectivity index (χ3n) is 2.90.